The monoisotopic (exact) mass is 470 g/mol. The van der Waals surface area contributed by atoms with Crippen LogP contribution in [0.25, 0.3) is 27.6 Å². The topological polar surface area (TPSA) is 122 Å². The van der Waals surface area contributed by atoms with Crippen LogP contribution in [0.4, 0.5) is 5.69 Å². The van der Waals surface area contributed by atoms with Gasteiger partial charge in [0, 0.05) is 16.8 Å². The van der Waals surface area contributed by atoms with Crippen molar-refractivity contribution >= 4 is 44.9 Å². The van der Waals surface area contributed by atoms with Crippen LogP contribution in [0.3, 0.4) is 0 Å². The number of carboxylic acid groups (broad SMARTS) is 1. The van der Waals surface area contributed by atoms with E-state index in [0.29, 0.717) is 22.8 Å². The van der Waals surface area contributed by atoms with E-state index in [1.165, 1.54) is 0 Å². The molecule has 2 atom stereocenters. The molecule has 0 saturated carbocycles. The van der Waals surface area contributed by atoms with Gasteiger partial charge in [0.05, 0.1) is 23.3 Å². The van der Waals surface area contributed by atoms with Crippen molar-refractivity contribution in [3.05, 3.63) is 48.3 Å². The lowest BCUT2D eigenvalue weighted by Crippen LogP contribution is -2.45. The molecule has 0 aliphatic rings. The highest BCUT2D eigenvalue weighted by Gasteiger charge is 2.33. The smallest absolute Gasteiger partial charge is 0.327 e. The SMILES string of the molecule is CC(C)Cc1cn(-c2ccc3c(c2)oc2ccc(N(C(C(=O)O)C(C)C)S(=O)O)cc23)nn1. The molecule has 0 aliphatic carbocycles. The van der Waals surface area contributed by atoms with Gasteiger partial charge in [-0.1, -0.05) is 32.9 Å². The minimum absolute atomic E-state index is 0.325. The van der Waals surface area contributed by atoms with E-state index in [-0.39, 0.29) is 5.92 Å². The number of nitrogens with zero attached hydrogens (tertiary/aromatic N) is 4. The minimum atomic E-state index is -2.52. The van der Waals surface area contributed by atoms with Crippen molar-refractivity contribution in [3.63, 3.8) is 0 Å². The quantitative estimate of drug-likeness (QED) is 0.366. The third-order valence-corrected chi connectivity index (χ3v) is 6.20. The average molecular weight is 471 g/mol. The van der Waals surface area contributed by atoms with Gasteiger partial charge in [0.2, 0.25) is 0 Å². The minimum Gasteiger partial charge on any atom is -0.480 e. The average Bonchev–Trinajstić information content (AvgIpc) is 3.33. The fraction of sp³-hybridized carbons (Fsp3) is 0.348. The first-order valence-electron chi connectivity index (χ1n) is 10.7. The molecule has 10 heteroatoms. The highest BCUT2D eigenvalue weighted by atomic mass is 32.2. The van der Waals surface area contributed by atoms with Crippen LogP contribution in [0.5, 0.6) is 0 Å². The van der Waals surface area contributed by atoms with Crippen LogP contribution < -0.4 is 4.31 Å². The number of hydrogen-bond donors (Lipinski definition) is 2. The third-order valence-electron chi connectivity index (χ3n) is 5.42. The Balaban J connectivity index is 1.76. The van der Waals surface area contributed by atoms with Crippen molar-refractivity contribution in [1.29, 1.82) is 0 Å². The highest BCUT2D eigenvalue weighted by Crippen LogP contribution is 2.34. The number of rotatable bonds is 8. The number of aliphatic carboxylic acids is 1. The maximum absolute atomic E-state index is 12.1. The maximum Gasteiger partial charge on any atom is 0.327 e. The first-order chi connectivity index (χ1) is 15.7. The molecule has 2 N–H and O–H groups in total. The summed E-state index contributed by atoms with van der Waals surface area (Å²) in [5.41, 5.74) is 3.24. The van der Waals surface area contributed by atoms with Crippen molar-refractivity contribution in [2.75, 3.05) is 4.31 Å². The number of aromatic nitrogens is 3. The van der Waals surface area contributed by atoms with E-state index in [2.05, 4.69) is 24.2 Å². The van der Waals surface area contributed by atoms with Crippen LogP contribution in [0, 0.1) is 11.8 Å². The van der Waals surface area contributed by atoms with Gasteiger partial charge in [-0.25, -0.2) is 13.7 Å². The van der Waals surface area contributed by atoms with E-state index >= 15 is 0 Å². The summed E-state index contributed by atoms with van der Waals surface area (Å²) in [6.07, 6.45) is 2.74. The molecule has 0 amide bonds. The summed E-state index contributed by atoms with van der Waals surface area (Å²) in [5, 5.41) is 19.6. The molecule has 0 saturated heterocycles. The summed E-state index contributed by atoms with van der Waals surface area (Å²) < 4.78 is 30.7. The molecule has 2 unspecified atom stereocenters. The predicted molar refractivity (Wildman–Crippen MR) is 127 cm³/mol. The summed E-state index contributed by atoms with van der Waals surface area (Å²) >= 11 is -2.52. The van der Waals surface area contributed by atoms with Crippen LogP contribution in [0.1, 0.15) is 33.4 Å². The van der Waals surface area contributed by atoms with Gasteiger partial charge in [-0.05, 0) is 48.6 Å². The van der Waals surface area contributed by atoms with Gasteiger partial charge >= 0.3 is 5.97 Å². The molecule has 0 fully saturated rings. The molecule has 4 aromatic rings. The van der Waals surface area contributed by atoms with E-state index in [1.54, 1.807) is 36.7 Å². The third kappa shape index (κ3) is 4.49. The molecule has 2 aromatic heterocycles. The lowest BCUT2D eigenvalue weighted by atomic mass is 10.0. The van der Waals surface area contributed by atoms with Crippen LogP contribution in [-0.2, 0) is 22.5 Å². The van der Waals surface area contributed by atoms with Crippen molar-refractivity contribution in [2.24, 2.45) is 11.8 Å². The van der Waals surface area contributed by atoms with Crippen molar-refractivity contribution in [3.8, 4) is 5.69 Å². The standard InChI is InChI=1S/C23H26N4O5S/c1-13(2)9-15-12-26(25-24-15)16-5-7-18-19-10-17(6-8-20(19)32-21(18)11-16)27(33(30)31)22(14(3)4)23(28)29/h5-8,10-14,22H,9H2,1-4H3,(H,28,29)(H,30,31). The lowest BCUT2D eigenvalue weighted by molar-refractivity contribution is -0.139. The first kappa shape index (κ1) is 22.9. The summed E-state index contributed by atoms with van der Waals surface area (Å²) in [6.45, 7) is 7.65. The summed E-state index contributed by atoms with van der Waals surface area (Å²) in [6, 6.07) is 9.44. The molecule has 33 heavy (non-hydrogen) atoms. The van der Waals surface area contributed by atoms with Crippen molar-refractivity contribution in [1.82, 2.24) is 15.0 Å². The largest absolute Gasteiger partial charge is 0.480 e. The summed E-state index contributed by atoms with van der Waals surface area (Å²) in [5.74, 6) is -1.08. The van der Waals surface area contributed by atoms with Gasteiger partial charge in [-0.3, -0.25) is 8.86 Å². The zero-order valence-electron chi connectivity index (χ0n) is 18.8. The van der Waals surface area contributed by atoms with Crippen molar-refractivity contribution in [2.45, 2.75) is 40.2 Å². The van der Waals surface area contributed by atoms with Gasteiger partial charge in [0.25, 0.3) is 11.3 Å². The molecular formula is C23H26N4O5S. The van der Waals surface area contributed by atoms with Crippen molar-refractivity contribution < 1.29 is 23.1 Å². The highest BCUT2D eigenvalue weighted by molar-refractivity contribution is 7.80. The van der Waals surface area contributed by atoms with E-state index in [0.717, 1.165) is 32.9 Å². The number of anilines is 1. The Morgan fingerprint density at radius 1 is 1.12 bits per heavy atom. The fourth-order valence-corrected chi connectivity index (χ4v) is 4.80. The number of carbonyl (C=O) groups is 1. The van der Waals surface area contributed by atoms with Gasteiger partial charge in [0.1, 0.15) is 17.2 Å². The fourth-order valence-electron chi connectivity index (χ4n) is 3.97. The Morgan fingerprint density at radius 3 is 2.52 bits per heavy atom. The molecule has 9 nitrogen and oxygen atoms in total. The maximum atomic E-state index is 12.1. The number of carboxylic acids is 1. The zero-order valence-corrected chi connectivity index (χ0v) is 19.6. The zero-order chi connectivity index (χ0) is 23.9. The van der Waals surface area contributed by atoms with Crippen LogP contribution >= 0.6 is 0 Å². The van der Waals surface area contributed by atoms with Gasteiger partial charge in [-0.2, -0.15) is 0 Å². The normalized spacial score (nSPS) is 13.8. The molecule has 174 valence electrons. The first-order valence-corrected chi connectivity index (χ1v) is 11.7. The molecule has 2 heterocycles. The van der Waals surface area contributed by atoms with Gasteiger partial charge < -0.3 is 9.52 Å². The number of hydrogen-bond acceptors (Lipinski definition) is 5. The molecule has 0 radical (unpaired) electrons. The molecule has 0 spiro atoms. The van der Waals surface area contributed by atoms with Crippen LogP contribution in [-0.4, -0.2) is 40.9 Å². The Labute approximate surface area is 193 Å². The van der Waals surface area contributed by atoms with Gasteiger partial charge in [-0.15, -0.1) is 5.10 Å². The Bertz CT molecular complexity index is 1340. The molecule has 2 aromatic carbocycles. The number of fused-ring (bicyclic) bond motifs is 3. The predicted octanol–water partition coefficient (Wildman–Crippen LogP) is 4.42. The number of benzene rings is 2. The van der Waals surface area contributed by atoms with E-state index in [9.17, 15) is 18.7 Å². The Morgan fingerprint density at radius 2 is 1.88 bits per heavy atom. The lowest BCUT2D eigenvalue weighted by Gasteiger charge is -2.29. The van der Waals surface area contributed by atoms with Gasteiger partial charge in [0.15, 0.2) is 0 Å². The summed E-state index contributed by atoms with van der Waals surface area (Å²) in [4.78, 5) is 11.8. The van der Waals surface area contributed by atoms with Crippen LogP contribution in [0.2, 0.25) is 0 Å². The number of furan rings is 1. The Kier molecular flexibility index (Phi) is 6.22. The Hall–Kier alpha value is -3.24. The van der Waals surface area contributed by atoms with E-state index in [4.69, 9.17) is 4.42 Å². The second-order valence-electron chi connectivity index (χ2n) is 8.80. The molecular weight excluding hydrogens is 444 g/mol. The van der Waals surface area contributed by atoms with E-state index in [1.807, 2.05) is 24.4 Å². The second kappa shape index (κ2) is 8.95. The summed E-state index contributed by atoms with van der Waals surface area (Å²) in [7, 11) is 0. The molecule has 0 bridgehead atoms. The molecule has 4 rings (SSSR count). The second-order valence-corrected chi connectivity index (χ2v) is 9.65. The van der Waals surface area contributed by atoms with Crippen LogP contribution in [0.15, 0.2) is 47.0 Å². The van der Waals surface area contributed by atoms with E-state index < -0.39 is 23.3 Å². The molecule has 0 aliphatic heterocycles.